The van der Waals surface area contributed by atoms with E-state index in [0.717, 1.165) is 19.5 Å². The number of nitrogens with one attached hydrogen (secondary N) is 2. The minimum atomic E-state index is -0.183. The van der Waals surface area contributed by atoms with Gasteiger partial charge in [0.15, 0.2) is 5.01 Å². The Labute approximate surface area is 177 Å². The number of hydrogen-bond donors (Lipinski definition) is 2. The number of nitrogens with zero attached hydrogens (tertiary/aromatic N) is 2. The van der Waals surface area contributed by atoms with Crippen LogP contribution >= 0.6 is 35.3 Å². The summed E-state index contributed by atoms with van der Waals surface area (Å²) in [4.78, 5) is 12.5. The monoisotopic (exact) mass is 436 g/mol. The van der Waals surface area contributed by atoms with Crippen LogP contribution in [0, 0.1) is 0 Å². The number of anilines is 1. The molecular weight excluding hydrogens is 419 g/mol. The lowest BCUT2D eigenvalue weighted by Crippen LogP contribution is -2.24. The maximum Gasteiger partial charge on any atom is 0.257 e. The number of rotatable bonds is 5. The van der Waals surface area contributed by atoms with Crippen LogP contribution in [0.2, 0.25) is 5.02 Å². The van der Waals surface area contributed by atoms with Gasteiger partial charge < -0.3 is 10.1 Å². The molecule has 0 atom stereocenters. The van der Waals surface area contributed by atoms with E-state index in [1.165, 1.54) is 22.5 Å². The minimum absolute atomic E-state index is 0. The van der Waals surface area contributed by atoms with E-state index in [2.05, 4.69) is 20.8 Å². The summed E-state index contributed by atoms with van der Waals surface area (Å²) in [6, 6.07) is 12.9. The Hall–Kier alpha value is -2.19. The van der Waals surface area contributed by atoms with E-state index in [4.69, 9.17) is 16.3 Å². The van der Waals surface area contributed by atoms with Gasteiger partial charge in [0.25, 0.3) is 5.91 Å². The zero-order chi connectivity index (χ0) is 18.6. The van der Waals surface area contributed by atoms with E-state index < -0.39 is 0 Å². The zero-order valence-corrected chi connectivity index (χ0v) is 17.2. The number of benzene rings is 2. The van der Waals surface area contributed by atoms with Gasteiger partial charge in [0.05, 0.1) is 0 Å². The molecule has 0 saturated carbocycles. The fourth-order valence-corrected chi connectivity index (χ4v) is 3.60. The molecule has 0 fully saturated rings. The largest absolute Gasteiger partial charge is 0.486 e. The lowest BCUT2D eigenvalue weighted by molar-refractivity contribution is 0.102. The summed E-state index contributed by atoms with van der Waals surface area (Å²) in [6.45, 7) is 2.07. The molecule has 1 aromatic heterocycles. The molecule has 1 amide bonds. The van der Waals surface area contributed by atoms with Crippen molar-refractivity contribution in [2.24, 2.45) is 0 Å². The van der Waals surface area contributed by atoms with Gasteiger partial charge in [-0.25, -0.2) is 0 Å². The topological polar surface area (TPSA) is 76.1 Å². The predicted octanol–water partition coefficient (Wildman–Crippen LogP) is 4.09. The average molecular weight is 437 g/mol. The first kappa shape index (κ1) is 20.5. The summed E-state index contributed by atoms with van der Waals surface area (Å²) in [6.07, 6.45) is 0.932. The van der Waals surface area contributed by atoms with Crippen LogP contribution in [0.4, 0.5) is 5.13 Å². The molecule has 9 heteroatoms. The highest BCUT2D eigenvalue weighted by atomic mass is 35.5. The Morgan fingerprint density at radius 2 is 2.00 bits per heavy atom. The second-order valence-corrected chi connectivity index (χ2v) is 7.61. The van der Waals surface area contributed by atoms with Gasteiger partial charge >= 0.3 is 0 Å². The third-order valence-corrected chi connectivity index (χ3v) is 5.28. The molecule has 1 aliphatic heterocycles. The molecule has 1 aliphatic rings. The van der Waals surface area contributed by atoms with Gasteiger partial charge in [-0.3, -0.25) is 10.1 Å². The number of carbonyl (C=O) groups excluding carboxylic acids is 1. The highest BCUT2D eigenvalue weighted by Gasteiger charge is 2.14. The van der Waals surface area contributed by atoms with Gasteiger partial charge in [0.1, 0.15) is 12.4 Å². The van der Waals surface area contributed by atoms with E-state index in [9.17, 15) is 4.79 Å². The van der Waals surface area contributed by atoms with Gasteiger partial charge in [-0.05, 0) is 60.5 Å². The van der Waals surface area contributed by atoms with Crippen molar-refractivity contribution in [2.75, 3.05) is 11.9 Å². The molecule has 3 aromatic rings. The average Bonchev–Trinajstić information content (AvgIpc) is 3.14. The van der Waals surface area contributed by atoms with Crippen molar-refractivity contribution in [2.45, 2.75) is 19.6 Å². The molecule has 6 nitrogen and oxygen atoms in total. The number of fused-ring (bicyclic) bond motifs is 1. The van der Waals surface area contributed by atoms with Gasteiger partial charge in [-0.1, -0.05) is 29.0 Å². The molecule has 28 heavy (non-hydrogen) atoms. The number of hydrogen-bond acceptors (Lipinski definition) is 6. The Kier molecular flexibility index (Phi) is 6.85. The molecule has 2 aromatic carbocycles. The van der Waals surface area contributed by atoms with E-state index in [0.29, 0.717) is 26.5 Å². The predicted molar refractivity (Wildman–Crippen MR) is 113 cm³/mol. The van der Waals surface area contributed by atoms with Crippen LogP contribution in [0.1, 0.15) is 26.5 Å². The van der Waals surface area contributed by atoms with Crippen LogP contribution in [-0.4, -0.2) is 22.6 Å². The Bertz CT molecular complexity index is 963. The first-order valence-corrected chi connectivity index (χ1v) is 9.71. The van der Waals surface area contributed by atoms with Crippen molar-refractivity contribution in [3.8, 4) is 5.75 Å². The number of aromatic nitrogens is 2. The summed E-state index contributed by atoms with van der Waals surface area (Å²) < 4.78 is 5.64. The van der Waals surface area contributed by atoms with Gasteiger partial charge in [0.2, 0.25) is 5.13 Å². The standard InChI is InChI=1S/C19H17ClN4O2S.ClH/c20-15-3-5-16(6-4-15)26-11-17-23-24-19(27-17)22-18(25)13-1-2-14-10-21-8-7-12(14)9-13;/h1-6,9,21H,7-8,10-11H2,(H,22,24,25);1H. The van der Waals surface area contributed by atoms with Gasteiger partial charge in [0, 0.05) is 17.1 Å². The second kappa shape index (κ2) is 9.34. The first-order valence-electron chi connectivity index (χ1n) is 8.52. The Morgan fingerprint density at radius 3 is 2.82 bits per heavy atom. The SMILES string of the molecule is Cl.O=C(Nc1nnc(COc2ccc(Cl)cc2)s1)c1ccc2c(c1)CCNC2. The van der Waals surface area contributed by atoms with Crippen molar-refractivity contribution in [1.29, 1.82) is 0 Å². The highest BCUT2D eigenvalue weighted by molar-refractivity contribution is 7.15. The zero-order valence-electron chi connectivity index (χ0n) is 14.8. The number of amides is 1. The molecule has 0 unspecified atom stereocenters. The van der Waals surface area contributed by atoms with E-state index in [-0.39, 0.29) is 24.9 Å². The maximum absolute atomic E-state index is 12.5. The molecule has 4 rings (SSSR count). The van der Waals surface area contributed by atoms with Crippen LogP contribution in [0.25, 0.3) is 0 Å². The molecular formula is C19H18Cl2N4O2S. The third-order valence-electron chi connectivity index (χ3n) is 4.22. The second-order valence-electron chi connectivity index (χ2n) is 6.11. The summed E-state index contributed by atoms with van der Waals surface area (Å²) in [7, 11) is 0. The maximum atomic E-state index is 12.5. The van der Waals surface area contributed by atoms with Gasteiger partial charge in [-0.2, -0.15) is 0 Å². The number of ether oxygens (including phenoxy) is 1. The first-order chi connectivity index (χ1) is 13.2. The number of halogens is 2. The van der Waals surface area contributed by atoms with Crippen LogP contribution in [0.3, 0.4) is 0 Å². The molecule has 0 aliphatic carbocycles. The quantitative estimate of drug-likeness (QED) is 0.629. The Morgan fingerprint density at radius 1 is 1.18 bits per heavy atom. The van der Waals surface area contributed by atoms with Crippen molar-refractivity contribution >= 4 is 46.4 Å². The molecule has 0 spiro atoms. The van der Waals surface area contributed by atoms with Crippen LogP contribution in [0.15, 0.2) is 42.5 Å². The lowest BCUT2D eigenvalue weighted by Gasteiger charge is -2.17. The van der Waals surface area contributed by atoms with Crippen LogP contribution < -0.4 is 15.4 Å². The minimum Gasteiger partial charge on any atom is -0.486 e. The van der Waals surface area contributed by atoms with Crippen molar-refractivity contribution in [1.82, 2.24) is 15.5 Å². The molecule has 0 radical (unpaired) electrons. The van der Waals surface area contributed by atoms with Crippen LogP contribution in [-0.2, 0) is 19.6 Å². The normalized spacial score (nSPS) is 12.6. The molecule has 2 N–H and O–H groups in total. The van der Waals surface area contributed by atoms with Crippen molar-refractivity contribution in [3.63, 3.8) is 0 Å². The van der Waals surface area contributed by atoms with E-state index in [1.807, 2.05) is 18.2 Å². The van der Waals surface area contributed by atoms with E-state index in [1.54, 1.807) is 24.3 Å². The lowest BCUT2D eigenvalue weighted by atomic mass is 9.98. The highest BCUT2D eigenvalue weighted by Crippen LogP contribution is 2.21. The van der Waals surface area contributed by atoms with Crippen LogP contribution in [0.5, 0.6) is 5.75 Å². The fraction of sp³-hybridized carbons (Fsp3) is 0.211. The summed E-state index contributed by atoms with van der Waals surface area (Å²) in [5, 5.41) is 16.0. The molecule has 146 valence electrons. The molecule has 0 bridgehead atoms. The van der Waals surface area contributed by atoms with Crippen molar-refractivity contribution in [3.05, 3.63) is 69.2 Å². The number of carbonyl (C=O) groups is 1. The summed E-state index contributed by atoms with van der Waals surface area (Å²) in [5.74, 6) is 0.515. The molecule has 2 heterocycles. The third kappa shape index (κ3) is 4.99. The fourth-order valence-electron chi connectivity index (χ4n) is 2.83. The van der Waals surface area contributed by atoms with Gasteiger partial charge in [-0.15, -0.1) is 22.6 Å². The smallest absolute Gasteiger partial charge is 0.257 e. The Balaban J connectivity index is 0.00000225. The summed E-state index contributed by atoms with van der Waals surface area (Å²) in [5.41, 5.74) is 3.09. The summed E-state index contributed by atoms with van der Waals surface area (Å²) >= 11 is 7.14. The van der Waals surface area contributed by atoms with E-state index >= 15 is 0 Å². The molecule has 0 saturated heterocycles. The van der Waals surface area contributed by atoms with Crippen molar-refractivity contribution < 1.29 is 9.53 Å².